The van der Waals surface area contributed by atoms with Crippen molar-refractivity contribution in [1.29, 1.82) is 0 Å². The summed E-state index contributed by atoms with van der Waals surface area (Å²) in [4.78, 5) is 13.8. The van der Waals surface area contributed by atoms with E-state index in [1.54, 1.807) is 7.11 Å². The van der Waals surface area contributed by atoms with Gasteiger partial charge in [-0.2, -0.15) is 0 Å². The minimum atomic E-state index is 0.0676. The zero-order valence-electron chi connectivity index (χ0n) is 12.8. The van der Waals surface area contributed by atoms with Crippen LogP contribution >= 0.6 is 0 Å². The molecule has 2 rings (SSSR count). The fourth-order valence-corrected chi connectivity index (χ4v) is 2.41. The van der Waals surface area contributed by atoms with Gasteiger partial charge in [0.2, 0.25) is 5.91 Å². The molecule has 1 amide bonds. The standard InChI is InChI=1S/C16H24N2O3/c1-3-8-17-15(11-18-9-10-21-12-16(18)19)13-4-6-14(20-2)7-5-13/h4-7,15,17H,3,8-12H2,1-2H3. The average Bonchev–Trinajstić information content (AvgIpc) is 2.53. The lowest BCUT2D eigenvalue weighted by Crippen LogP contribution is -2.45. The lowest BCUT2D eigenvalue weighted by molar-refractivity contribution is -0.143. The third-order valence-electron chi connectivity index (χ3n) is 3.65. The molecule has 0 spiro atoms. The third-order valence-corrected chi connectivity index (χ3v) is 3.65. The van der Waals surface area contributed by atoms with Gasteiger partial charge in [-0.1, -0.05) is 19.1 Å². The largest absolute Gasteiger partial charge is 0.497 e. The Hall–Kier alpha value is -1.59. The van der Waals surface area contributed by atoms with E-state index in [1.165, 1.54) is 5.56 Å². The number of nitrogens with zero attached hydrogens (tertiary/aromatic N) is 1. The maximum atomic E-state index is 11.9. The van der Waals surface area contributed by atoms with Gasteiger partial charge in [-0.15, -0.1) is 0 Å². The predicted octanol–water partition coefficient (Wildman–Crippen LogP) is 1.59. The van der Waals surface area contributed by atoms with Crippen molar-refractivity contribution in [2.45, 2.75) is 19.4 Å². The molecule has 1 atom stereocenters. The van der Waals surface area contributed by atoms with E-state index in [9.17, 15) is 4.79 Å². The summed E-state index contributed by atoms with van der Waals surface area (Å²) in [5, 5.41) is 3.52. The normalized spacial score (nSPS) is 16.9. The van der Waals surface area contributed by atoms with Crippen LogP contribution in [0.25, 0.3) is 0 Å². The van der Waals surface area contributed by atoms with Gasteiger partial charge in [-0.25, -0.2) is 0 Å². The second-order valence-electron chi connectivity index (χ2n) is 5.17. The Morgan fingerprint density at radius 1 is 1.38 bits per heavy atom. The summed E-state index contributed by atoms with van der Waals surface area (Å²) >= 11 is 0. The van der Waals surface area contributed by atoms with E-state index in [1.807, 2.05) is 17.0 Å². The molecule has 0 radical (unpaired) electrons. The Bertz CT molecular complexity index is 447. The molecule has 0 aromatic heterocycles. The molecule has 1 fully saturated rings. The van der Waals surface area contributed by atoms with E-state index in [0.29, 0.717) is 19.7 Å². The van der Waals surface area contributed by atoms with E-state index in [2.05, 4.69) is 24.4 Å². The number of morpholine rings is 1. The molecule has 1 aliphatic heterocycles. The fourth-order valence-electron chi connectivity index (χ4n) is 2.41. The summed E-state index contributed by atoms with van der Waals surface area (Å²) in [6, 6.07) is 8.15. The maximum Gasteiger partial charge on any atom is 0.248 e. The van der Waals surface area contributed by atoms with Crippen LogP contribution in [-0.2, 0) is 9.53 Å². The number of amides is 1. The highest BCUT2D eigenvalue weighted by Crippen LogP contribution is 2.19. The minimum absolute atomic E-state index is 0.0676. The third kappa shape index (κ3) is 4.44. The van der Waals surface area contributed by atoms with Gasteiger partial charge in [0.15, 0.2) is 0 Å². The Morgan fingerprint density at radius 3 is 2.76 bits per heavy atom. The number of carbonyl (C=O) groups excluding carboxylic acids is 1. The number of hydrogen-bond donors (Lipinski definition) is 1. The van der Waals surface area contributed by atoms with Gasteiger partial charge in [-0.3, -0.25) is 4.79 Å². The summed E-state index contributed by atoms with van der Waals surface area (Å²) in [5.74, 6) is 0.911. The summed E-state index contributed by atoms with van der Waals surface area (Å²) in [5.41, 5.74) is 1.17. The summed E-state index contributed by atoms with van der Waals surface area (Å²) in [7, 11) is 1.66. The molecule has 0 bridgehead atoms. The van der Waals surface area contributed by atoms with Crippen LogP contribution in [0.4, 0.5) is 0 Å². The number of nitrogens with one attached hydrogen (secondary N) is 1. The van der Waals surface area contributed by atoms with E-state index >= 15 is 0 Å². The zero-order chi connectivity index (χ0) is 15.1. The lowest BCUT2D eigenvalue weighted by atomic mass is 10.1. The van der Waals surface area contributed by atoms with Crippen LogP contribution < -0.4 is 10.1 Å². The van der Waals surface area contributed by atoms with Gasteiger partial charge in [0.25, 0.3) is 0 Å². The molecule has 21 heavy (non-hydrogen) atoms. The molecular weight excluding hydrogens is 268 g/mol. The molecule has 5 nitrogen and oxygen atoms in total. The van der Waals surface area contributed by atoms with Crippen molar-refractivity contribution in [3.8, 4) is 5.75 Å². The minimum Gasteiger partial charge on any atom is -0.497 e. The number of benzene rings is 1. The monoisotopic (exact) mass is 292 g/mol. The Balaban J connectivity index is 2.06. The molecule has 1 heterocycles. The van der Waals surface area contributed by atoms with Crippen LogP contribution in [0.5, 0.6) is 5.75 Å². The highest BCUT2D eigenvalue weighted by Gasteiger charge is 2.22. The van der Waals surface area contributed by atoms with Crippen LogP contribution in [0.3, 0.4) is 0 Å². The quantitative estimate of drug-likeness (QED) is 0.829. The second-order valence-corrected chi connectivity index (χ2v) is 5.17. The SMILES string of the molecule is CCCNC(CN1CCOCC1=O)c1ccc(OC)cc1. The highest BCUT2D eigenvalue weighted by atomic mass is 16.5. The molecule has 1 saturated heterocycles. The first kappa shape index (κ1) is 15.8. The number of carbonyl (C=O) groups is 1. The summed E-state index contributed by atoms with van der Waals surface area (Å²) < 4.78 is 10.4. The molecule has 1 aromatic carbocycles. The maximum absolute atomic E-state index is 11.9. The Kier molecular flexibility index (Phi) is 6.02. The predicted molar refractivity (Wildman–Crippen MR) is 81.4 cm³/mol. The smallest absolute Gasteiger partial charge is 0.248 e. The van der Waals surface area contributed by atoms with Crippen molar-refractivity contribution in [2.75, 3.05) is 40.0 Å². The van der Waals surface area contributed by atoms with Crippen LogP contribution in [-0.4, -0.2) is 50.8 Å². The molecule has 0 aliphatic carbocycles. The van der Waals surface area contributed by atoms with E-state index in [4.69, 9.17) is 9.47 Å². The molecular formula is C16H24N2O3. The molecule has 0 saturated carbocycles. The first-order valence-electron chi connectivity index (χ1n) is 7.47. The van der Waals surface area contributed by atoms with E-state index < -0.39 is 0 Å². The first-order valence-corrected chi connectivity index (χ1v) is 7.47. The van der Waals surface area contributed by atoms with Gasteiger partial charge in [-0.05, 0) is 30.7 Å². The topological polar surface area (TPSA) is 50.8 Å². The van der Waals surface area contributed by atoms with Crippen LogP contribution in [0.1, 0.15) is 24.9 Å². The zero-order valence-corrected chi connectivity index (χ0v) is 12.8. The number of rotatable bonds is 7. The van der Waals surface area contributed by atoms with Crippen molar-refractivity contribution < 1.29 is 14.3 Å². The van der Waals surface area contributed by atoms with E-state index in [0.717, 1.165) is 18.7 Å². The number of methoxy groups -OCH3 is 1. The van der Waals surface area contributed by atoms with Crippen LogP contribution in [0, 0.1) is 0 Å². The molecule has 1 aliphatic rings. The van der Waals surface area contributed by atoms with Gasteiger partial charge in [0.05, 0.1) is 13.7 Å². The van der Waals surface area contributed by atoms with Gasteiger partial charge in [0.1, 0.15) is 12.4 Å². The van der Waals surface area contributed by atoms with Crippen molar-refractivity contribution in [3.05, 3.63) is 29.8 Å². The van der Waals surface area contributed by atoms with Crippen molar-refractivity contribution in [2.24, 2.45) is 0 Å². The van der Waals surface area contributed by atoms with E-state index in [-0.39, 0.29) is 18.6 Å². The molecule has 1 aromatic rings. The molecule has 5 heteroatoms. The van der Waals surface area contributed by atoms with Gasteiger partial charge < -0.3 is 19.7 Å². The molecule has 1 N–H and O–H groups in total. The first-order chi connectivity index (χ1) is 10.2. The number of ether oxygens (including phenoxy) is 2. The lowest BCUT2D eigenvalue weighted by Gasteiger charge is -2.31. The molecule has 116 valence electrons. The Morgan fingerprint density at radius 2 is 2.14 bits per heavy atom. The average molecular weight is 292 g/mol. The molecule has 1 unspecified atom stereocenters. The van der Waals surface area contributed by atoms with Crippen molar-refractivity contribution in [3.63, 3.8) is 0 Å². The van der Waals surface area contributed by atoms with Crippen LogP contribution in [0.2, 0.25) is 0 Å². The highest BCUT2D eigenvalue weighted by molar-refractivity contribution is 5.78. The van der Waals surface area contributed by atoms with Crippen LogP contribution in [0.15, 0.2) is 24.3 Å². The van der Waals surface area contributed by atoms with Gasteiger partial charge in [0, 0.05) is 19.1 Å². The fraction of sp³-hybridized carbons (Fsp3) is 0.562. The summed E-state index contributed by atoms with van der Waals surface area (Å²) in [6.07, 6.45) is 1.06. The number of hydrogen-bond acceptors (Lipinski definition) is 4. The summed E-state index contributed by atoms with van der Waals surface area (Å²) in [6.45, 7) is 5.22. The Labute approximate surface area is 126 Å². The van der Waals surface area contributed by atoms with Crippen molar-refractivity contribution >= 4 is 5.91 Å². The van der Waals surface area contributed by atoms with Crippen molar-refractivity contribution in [1.82, 2.24) is 10.2 Å². The van der Waals surface area contributed by atoms with Gasteiger partial charge >= 0.3 is 0 Å². The second kappa shape index (κ2) is 8.00.